The highest BCUT2D eigenvalue weighted by Crippen LogP contribution is 2.23. The number of nitrogens with one attached hydrogen (secondary N) is 1. The maximum Gasteiger partial charge on any atom is 0.241 e. The number of hydrogen-bond donors (Lipinski definition) is 2. The van der Waals surface area contributed by atoms with E-state index in [-0.39, 0.29) is 11.8 Å². The summed E-state index contributed by atoms with van der Waals surface area (Å²) in [5.41, 5.74) is 7.51. The predicted octanol–water partition coefficient (Wildman–Crippen LogP) is 2.96. The van der Waals surface area contributed by atoms with Gasteiger partial charge in [0.1, 0.15) is 0 Å². The number of halogens is 1. The molecule has 0 heterocycles. The summed E-state index contributed by atoms with van der Waals surface area (Å²) in [6.07, 6.45) is 0.871. The highest BCUT2D eigenvalue weighted by atomic mass is 35.5. The average Bonchev–Trinajstić information content (AvgIpc) is 2.30. The van der Waals surface area contributed by atoms with Crippen LogP contribution in [0.4, 0.5) is 5.69 Å². The van der Waals surface area contributed by atoms with E-state index in [4.69, 9.17) is 17.3 Å². The molecule has 3 nitrogen and oxygen atoms in total. The zero-order chi connectivity index (χ0) is 13.0. The lowest BCUT2D eigenvalue weighted by molar-refractivity contribution is -0.118. The van der Waals surface area contributed by atoms with Gasteiger partial charge in [-0.05, 0) is 30.5 Å². The van der Waals surface area contributed by atoms with E-state index in [1.54, 1.807) is 6.07 Å². The lowest BCUT2D eigenvalue weighted by atomic mass is 9.99. The normalized spacial score (nSPS) is 14.2. The first-order valence-electron chi connectivity index (χ1n) is 5.78. The van der Waals surface area contributed by atoms with Crippen molar-refractivity contribution in [2.45, 2.75) is 33.2 Å². The van der Waals surface area contributed by atoms with Crippen LogP contribution in [0, 0.1) is 12.8 Å². The zero-order valence-corrected chi connectivity index (χ0v) is 11.2. The molecular weight excluding hydrogens is 236 g/mol. The molecule has 0 aromatic heterocycles. The Morgan fingerprint density at radius 1 is 1.53 bits per heavy atom. The monoisotopic (exact) mass is 254 g/mol. The molecule has 4 heteroatoms. The van der Waals surface area contributed by atoms with Crippen LogP contribution in [0.25, 0.3) is 0 Å². The molecule has 1 aromatic carbocycles. The van der Waals surface area contributed by atoms with Gasteiger partial charge in [-0.2, -0.15) is 0 Å². The molecule has 0 radical (unpaired) electrons. The molecular formula is C13H19ClN2O. The van der Waals surface area contributed by atoms with Gasteiger partial charge < -0.3 is 11.1 Å². The molecule has 2 atom stereocenters. The Hall–Kier alpha value is -1.06. The van der Waals surface area contributed by atoms with E-state index in [9.17, 15) is 4.79 Å². The minimum atomic E-state index is -0.502. The van der Waals surface area contributed by atoms with Crippen molar-refractivity contribution >= 4 is 23.2 Å². The average molecular weight is 255 g/mol. The third-order valence-electron chi connectivity index (χ3n) is 2.94. The van der Waals surface area contributed by atoms with Gasteiger partial charge in [0.25, 0.3) is 0 Å². The van der Waals surface area contributed by atoms with E-state index in [1.807, 2.05) is 32.9 Å². The summed E-state index contributed by atoms with van der Waals surface area (Å²) >= 11 is 6.04. The Morgan fingerprint density at radius 3 is 2.71 bits per heavy atom. The first-order valence-corrected chi connectivity index (χ1v) is 6.16. The van der Waals surface area contributed by atoms with Gasteiger partial charge in [-0.25, -0.2) is 0 Å². The van der Waals surface area contributed by atoms with Crippen LogP contribution in [0.1, 0.15) is 25.8 Å². The quantitative estimate of drug-likeness (QED) is 0.868. The van der Waals surface area contributed by atoms with Crippen LogP contribution >= 0.6 is 11.6 Å². The van der Waals surface area contributed by atoms with E-state index >= 15 is 0 Å². The van der Waals surface area contributed by atoms with Crippen molar-refractivity contribution in [1.29, 1.82) is 0 Å². The van der Waals surface area contributed by atoms with Gasteiger partial charge in [0.05, 0.1) is 16.8 Å². The highest BCUT2D eigenvalue weighted by molar-refractivity contribution is 6.33. The number of carbonyl (C=O) groups is 1. The lowest BCUT2D eigenvalue weighted by Crippen LogP contribution is -2.40. The molecule has 0 aliphatic rings. The molecule has 17 heavy (non-hydrogen) atoms. The Balaban J connectivity index is 2.74. The van der Waals surface area contributed by atoms with Crippen LogP contribution in [-0.4, -0.2) is 11.9 Å². The minimum Gasteiger partial charge on any atom is -0.323 e. The molecule has 1 aromatic rings. The molecule has 0 unspecified atom stereocenters. The minimum absolute atomic E-state index is 0.152. The third-order valence-corrected chi connectivity index (χ3v) is 3.25. The van der Waals surface area contributed by atoms with Crippen LogP contribution in [0.5, 0.6) is 0 Å². The SMILES string of the molecule is CC[C@H](C)[C@H](N)C(=O)Nc1ccc(C)cc1Cl. The summed E-state index contributed by atoms with van der Waals surface area (Å²) in [6.45, 7) is 5.92. The largest absolute Gasteiger partial charge is 0.323 e. The van der Waals surface area contributed by atoms with Crippen molar-refractivity contribution in [3.63, 3.8) is 0 Å². The van der Waals surface area contributed by atoms with Gasteiger partial charge in [0.2, 0.25) is 5.91 Å². The summed E-state index contributed by atoms with van der Waals surface area (Å²) in [5.74, 6) is -0.0377. The number of hydrogen-bond acceptors (Lipinski definition) is 2. The molecule has 94 valence electrons. The van der Waals surface area contributed by atoms with Crippen LogP contribution in [0.2, 0.25) is 5.02 Å². The van der Waals surface area contributed by atoms with Gasteiger partial charge in [-0.1, -0.05) is 37.9 Å². The van der Waals surface area contributed by atoms with Gasteiger partial charge in [0.15, 0.2) is 0 Å². The fraction of sp³-hybridized carbons (Fsp3) is 0.462. The number of carbonyl (C=O) groups excluding carboxylic acids is 1. The summed E-state index contributed by atoms with van der Waals surface area (Å²) in [6, 6.07) is 5.00. The number of nitrogens with two attached hydrogens (primary N) is 1. The number of rotatable bonds is 4. The second-order valence-corrected chi connectivity index (χ2v) is 4.79. The maximum absolute atomic E-state index is 11.9. The molecule has 3 N–H and O–H groups in total. The van der Waals surface area contributed by atoms with Crippen LogP contribution in [-0.2, 0) is 4.79 Å². The first-order chi connectivity index (χ1) is 7.95. The molecule has 0 aliphatic heterocycles. The molecule has 0 aliphatic carbocycles. The van der Waals surface area contributed by atoms with Crippen LogP contribution < -0.4 is 11.1 Å². The molecule has 0 spiro atoms. The molecule has 0 saturated carbocycles. The standard InChI is InChI=1S/C13H19ClN2O/c1-4-9(3)12(15)13(17)16-11-6-5-8(2)7-10(11)14/h5-7,9,12H,4,15H2,1-3H3,(H,16,17)/t9-,12-/m0/s1. The van der Waals surface area contributed by atoms with E-state index in [0.29, 0.717) is 10.7 Å². The Morgan fingerprint density at radius 2 is 2.18 bits per heavy atom. The summed E-state index contributed by atoms with van der Waals surface area (Å²) in [5, 5.41) is 3.29. The fourth-order valence-corrected chi connectivity index (χ4v) is 1.73. The Kier molecular flexibility index (Phi) is 4.97. The number of amides is 1. The van der Waals surface area contributed by atoms with Gasteiger partial charge >= 0.3 is 0 Å². The molecule has 1 rings (SSSR count). The Bertz CT molecular complexity index is 406. The van der Waals surface area contributed by atoms with E-state index < -0.39 is 6.04 Å². The number of benzene rings is 1. The van der Waals surface area contributed by atoms with Crippen molar-refractivity contribution in [2.75, 3.05) is 5.32 Å². The predicted molar refractivity (Wildman–Crippen MR) is 72.2 cm³/mol. The van der Waals surface area contributed by atoms with Crippen LogP contribution in [0.15, 0.2) is 18.2 Å². The van der Waals surface area contributed by atoms with Crippen molar-refractivity contribution in [3.05, 3.63) is 28.8 Å². The summed E-state index contributed by atoms with van der Waals surface area (Å²) in [4.78, 5) is 11.9. The third kappa shape index (κ3) is 3.72. The Labute approximate surface area is 107 Å². The zero-order valence-electron chi connectivity index (χ0n) is 10.5. The first kappa shape index (κ1) is 14.0. The van der Waals surface area contributed by atoms with Crippen LogP contribution in [0.3, 0.4) is 0 Å². The highest BCUT2D eigenvalue weighted by Gasteiger charge is 2.19. The summed E-state index contributed by atoms with van der Waals surface area (Å²) in [7, 11) is 0. The van der Waals surface area contributed by atoms with Gasteiger partial charge in [-0.15, -0.1) is 0 Å². The maximum atomic E-state index is 11.9. The topological polar surface area (TPSA) is 55.1 Å². The smallest absolute Gasteiger partial charge is 0.241 e. The van der Waals surface area contributed by atoms with Crippen molar-refractivity contribution < 1.29 is 4.79 Å². The molecule has 1 amide bonds. The molecule has 0 fully saturated rings. The lowest BCUT2D eigenvalue weighted by Gasteiger charge is -2.18. The molecule has 0 bridgehead atoms. The second kappa shape index (κ2) is 6.03. The summed E-state index contributed by atoms with van der Waals surface area (Å²) < 4.78 is 0. The van der Waals surface area contributed by atoms with Gasteiger partial charge in [-0.3, -0.25) is 4.79 Å². The molecule has 0 saturated heterocycles. The van der Waals surface area contributed by atoms with Crippen molar-refractivity contribution in [1.82, 2.24) is 0 Å². The number of anilines is 1. The fourth-order valence-electron chi connectivity index (χ4n) is 1.45. The van der Waals surface area contributed by atoms with Gasteiger partial charge in [0, 0.05) is 0 Å². The van der Waals surface area contributed by atoms with E-state index in [1.165, 1.54) is 0 Å². The van der Waals surface area contributed by atoms with E-state index in [0.717, 1.165) is 12.0 Å². The van der Waals surface area contributed by atoms with E-state index in [2.05, 4.69) is 5.32 Å². The number of aryl methyl sites for hydroxylation is 1. The second-order valence-electron chi connectivity index (χ2n) is 4.38. The van der Waals surface area contributed by atoms with Crippen molar-refractivity contribution in [2.24, 2.45) is 11.7 Å². The van der Waals surface area contributed by atoms with Crippen molar-refractivity contribution in [3.8, 4) is 0 Å².